The number of ether oxygens (including phenoxy) is 1. The van der Waals surface area contributed by atoms with Crippen LogP contribution in [0.2, 0.25) is 0 Å². The normalized spacial score (nSPS) is 30.4. The number of rotatable bonds is 1. The lowest BCUT2D eigenvalue weighted by Crippen LogP contribution is -2.32. The maximum absolute atomic E-state index is 10.6. The topological polar surface area (TPSA) is 52.3 Å². The molecule has 1 heterocycles. The Balaban J connectivity index is 2.51. The average Bonchev–Trinajstić information content (AvgIpc) is 2.10. The highest BCUT2D eigenvalue weighted by molar-refractivity contribution is 8.00. The summed E-state index contributed by atoms with van der Waals surface area (Å²) >= 11 is 1.61. The van der Waals surface area contributed by atoms with Gasteiger partial charge in [0.25, 0.3) is 0 Å². The molecule has 2 N–H and O–H groups in total. The predicted molar refractivity (Wildman–Crippen MR) is 40.6 cm³/mol. The van der Waals surface area contributed by atoms with E-state index in [0.717, 1.165) is 0 Å². The van der Waals surface area contributed by atoms with E-state index in [2.05, 4.69) is 0 Å². The number of primary amides is 1. The Morgan fingerprint density at radius 2 is 2.40 bits per heavy atom. The molecule has 0 bridgehead atoms. The second-order valence-electron chi connectivity index (χ2n) is 2.72. The van der Waals surface area contributed by atoms with Crippen LogP contribution in [0.15, 0.2) is 0 Å². The molecule has 4 heteroatoms. The molecule has 0 aromatic rings. The van der Waals surface area contributed by atoms with E-state index in [-0.39, 0.29) is 16.9 Å². The number of hydrogen-bond acceptors (Lipinski definition) is 3. The summed E-state index contributed by atoms with van der Waals surface area (Å²) in [7, 11) is 0. The molecule has 1 fully saturated rings. The van der Waals surface area contributed by atoms with Gasteiger partial charge in [0.2, 0.25) is 5.91 Å². The van der Waals surface area contributed by atoms with Crippen LogP contribution in [0.5, 0.6) is 0 Å². The van der Waals surface area contributed by atoms with Crippen LogP contribution in [0.3, 0.4) is 0 Å². The molecule has 0 saturated carbocycles. The first-order valence-electron chi connectivity index (χ1n) is 3.12. The smallest absolute Gasteiger partial charge is 0.247 e. The van der Waals surface area contributed by atoms with Crippen molar-refractivity contribution in [3.8, 4) is 0 Å². The zero-order chi connectivity index (χ0) is 7.78. The molecule has 1 rings (SSSR count). The maximum atomic E-state index is 10.6. The first-order chi connectivity index (χ1) is 4.51. The molecular formula is C6H11NO2S. The fraction of sp³-hybridized carbons (Fsp3) is 0.833. The van der Waals surface area contributed by atoms with Crippen molar-refractivity contribution >= 4 is 17.7 Å². The molecule has 1 aliphatic rings. The van der Waals surface area contributed by atoms with Gasteiger partial charge in [0, 0.05) is 5.75 Å². The Bertz CT molecular complexity index is 158. The number of nitrogens with two attached hydrogens (primary N) is 1. The van der Waals surface area contributed by atoms with E-state index >= 15 is 0 Å². The van der Waals surface area contributed by atoms with Crippen molar-refractivity contribution in [1.82, 2.24) is 0 Å². The van der Waals surface area contributed by atoms with Gasteiger partial charge in [-0.3, -0.25) is 4.79 Å². The molecule has 0 radical (unpaired) electrons. The molecule has 58 valence electrons. The Labute approximate surface area is 64.3 Å². The van der Waals surface area contributed by atoms with Crippen molar-refractivity contribution in [2.24, 2.45) is 5.73 Å². The van der Waals surface area contributed by atoms with Crippen molar-refractivity contribution in [3.63, 3.8) is 0 Å². The van der Waals surface area contributed by atoms with E-state index in [4.69, 9.17) is 10.5 Å². The van der Waals surface area contributed by atoms with E-state index < -0.39 is 0 Å². The number of carbonyl (C=O) groups is 1. The molecule has 0 spiro atoms. The van der Waals surface area contributed by atoms with Gasteiger partial charge in [0.05, 0.1) is 0 Å². The van der Waals surface area contributed by atoms with Crippen LogP contribution in [0, 0.1) is 0 Å². The monoisotopic (exact) mass is 161 g/mol. The SMILES string of the molecule is CC1(C)OC(C(N)=O)CS1. The van der Waals surface area contributed by atoms with Crippen LogP contribution in [-0.4, -0.2) is 22.7 Å². The molecule has 0 aromatic carbocycles. The fourth-order valence-corrected chi connectivity index (χ4v) is 1.80. The van der Waals surface area contributed by atoms with Gasteiger partial charge >= 0.3 is 0 Å². The molecule has 1 atom stereocenters. The third-order valence-corrected chi connectivity index (χ3v) is 2.59. The van der Waals surface area contributed by atoms with Gasteiger partial charge in [0.1, 0.15) is 11.0 Å². The highest BCUT2D eigenvalue weighted by Gasteiger charge is 2.35. The minimum Gasteiger partial charge on any atom is -0.367 e. The highest BCUT2D eigenvalue weighted by Crippen LogP contribution is 2.34. The predicted octanol–water partition coefficient (Wildman–Crippen LogP) is 0.340. The summed E-state index contributed by atoms with van der Waals surface area (Å²) < 4.78 is 5.30. The maximum Gasteiger partial charge on any atom is 0.247 e. The van der Waals surface area contributed by atoms with Crippen molar-refractivity contribution in [2.45, 2.75) is 24.9 Å². The van der Waals surface area contributed by atoms with Crippen LogP contribution < -0.4 is 5.73 Å². The van der Waals surface area contributed by atoms with Crippen molar-refractivity contribution < 1.29 is 9.53 Å². The lowest BCUT2D eigenvalue weighted by molar-refractivity contribution is -0.130. The fourth-order valence-electron chi connectivity index (χ4n) is 0.827. The quantitative estimate of drug-likeness (QED) is 0.603. The lowest BCUT2D eigenvalue weighted by atomic mass is 10.4. The standard InChI is InChI=1S/C6H11NO2S/c1-6(2)9-4(3-10-6)5(7)8/h4H,3H2,1-2H3,(H2,7,8). The first-order valence-corrected chi connectivity index (χ1v) is 4.11. The lowest BCUT2D eigenvalue weighted by Gasteiger charge is -2.15. The van der Waals surface area contributed by atoms with Crippen LogP contribution in [0.1, 0.15) is 13.8 Å². The summed E-state index contributed by atoms with van der Waals surface area (Å²) in [4.78, 5) is 10.3. The average molecular weight is 161 g/mol. The molecule has 1 amide bonds. The summed E-state index contributed by atoms with van der Waals surface area (Å²) in [6.07, 6.45) is -0.389. The molecule has 1 aliphatic heterocycles. The minimum absolute atomic E-state index is 0.236. The third-order valence-electron chi connectivity index (χ3n) is 1.33. The van der Waals surface area contributed by atoms with Gasteiger partial charge in [0.15, 0.2) is 0 Å². The third kappa shape index (κ3) is 1.64. The van der Waals surface area contributed by atoms with Gasteiger partial charge in [-0.1, -0.05) is 0 Å². The molecule has 10 heavy (non-hydrogen) atoms. The zero-order valence-corrected chi connectivity index (χ0v) is 6.90. The zero-order valence-electron chi connectivity index (χ0n) is 6.09. The Morgan fingerprint density at radius 3 is 2.60 bits per heavy atom. The van der Waals surface area contributed by atoms with Gasteiger partial charge in [-0.15, -0.1) is 11.8 Å². The van der Waals surface area contributed by atoms with E-state index in [1.165, 1.54) is 0 Å². The van der Waals surface area contributed by atoms with Crippen LogP contribution in [0.25, 0.3) is 0 Å². The van der Waals surface area contributed by atoms with E-state index in [9.17, 15) is 4.79 Å². The second-order valence-corrected chi connectivity index (χ2v) is 4.32. The van der Waals surface area contributed by atoms with Crippen LogP contribution in [0.4, 0.5) is 0 Å². The first kappa shape index (κ1) is 7.88. The molecule has 3 nitrogen and oxygen atoms in total. The Morgan fingerprint density at radius 1 is 1.80 bits per heavy atom. The van der Waals surface area contributed by atoms with Gasteiger partial charge in [-0.2, -0.15) is 0 Å². The molecular weight excluding hydrogens is 150 g/mol. The molecule has 1 saturated heterocycles. The summed E-state index contributed by atoms with van der Waals surface area (Å²) in [6.45, 7) is 3.86. The van der Waals surface area contributed by atoms with Crippen LogP contribution >= 0.6 is 11.8 Å². The van der Waals surface area contributed by atoms with Crippen molar-refractivity contribution in [1.29, 1.82) is 0 Å². The number of amides is 1. The van der Waals surface area contributed by atoms with Gasteiger partial charge in [-0.05, 0) is 13.8 Å². The molecule has 0 aliphatic carbocycles. The number of carbonyl (C=O) groups excluding carboxylic acids is 1. The number of hydrogen-bond donors (Lipinski definition) is 1. The van der Waals surface area contributed by atoms with Gasteiger partial charge < -0.3 is 10.5 Å². The van der Waals surface area contributed by atoms with Crippen LogP contribution in [-0.2, 0) is 9.53 Å². The van der Waals surface area contributed by atoms with E-state index in [1.54, 1.807) is 11.8 Å². The van der Waals surface area contributed by atoms with Crippen molar-refractivity contribution in [2.75, 3.05) is 5.75 Å². The van der Waals surface area contributed by atoms with E-state index in [0.29, 0.717) is 5.75 Å². The Hall–Kier alpha value is -0.220. The largest absolute Gasteiger partial charge is 0.367 e. The highest BCUT2D eigenvalue weighted by atomic mass is 32.2. The second kappa shape index (κ2) is 2.43. The minimum atomic E-state index is -0.389. The van der Waals surface area contributed by atoms with E-state index in [1.807, 2.05) is 13.8 Å². The van der Waals surface area contributed by atoms with Gasteiger partial charge in [-0.25, -0.2) is 0 Å². The summed E-state index contributed by atoms with van der Waals surface area (Å²) in [5.41, 5.74) is 5.04. The number of thioether (sulfide) groups is 1. The molecule has 1 unspecified atom stereocenters. The Kier molecular flexibility index (Phi) is 1.92. The summed E-state index contributed by atoms with van der Waals surface area (Å²) in [5, 5.41) is 0. The van der Waals surface area contributed by atoms with Crippen molar-refractivity contribution in [3.05, 3.63) is 0 Å². The summed E-state index contributed by atoms with van der Waals surface area (Å²) in [5.74, 6) is 0.320. The summed E-state index contributed by atoms with van der Waals surface area (Å²) in [6, 6.07) is 0. The molecule has 0 aromatic heterocycles.